The van der Waals surface area contributed by atoms with Gasteiger partial charge in [0, 0.05) is 7.05 Å². The Morgan fingerprint density at radius 2 is 1.86 bits per heavy atom. The number of amidine groups is 1. The van der Waals surface area contributed by atoms with Gasteiger partial charge in [-0.05, 0) is 30.5 Å². The van der Waals surface area contributed by atoms with E-state index in [0.29, 0.717) is 16.5 Å². The van der Waals surface area contributed by atoms with Gasteiger partial charge in [-0.25, -0.2) is 0 Å². The van der Waals surface area contributed by atoms with Gasteiger partial charge in [-0.1, -0.05) is 23.9 Å². The molecule has 6 atom stereocenters. The van der Waals surface area contributed by atoms with E-state index in [4.69, 9.17) is 9.47 Å². The molecule has 4 N–H and O–H groups in total. The van der Waals surface area contributed by atoms with E-state index in [1.54, 1.807) is 31.3 Å². The summed E-state index contributed by atoms with van der Waals surface area (Å²) in [5, 5.41) is 34.5. The first-order valence-corrected chi connectivity index (χ1v) is 9.84. The summed E-state index contributed by atoms with van der Waals surface area (Å²) in [6.45, 7) is 0. The van der Waals surface area contributed by atoms with Crippen LogP contribution in [0.1, 0.15) is 12.0 Å². The second kappa shape index (κ2) is 8.31. The van der Waals surface area contributed by atoms with Gasteiger partial charge in [0.05, 0.1) is 7.11 Å². The Hall–Kier alpha value is -1.53. The largest absolute Gasteiger partial charge is 0.497 e. The highest BCUT2D eigenvalue weighted by Gasteiger charge is 2.65. The number of halogens is 3. The average molecular weight is 436 g/mol. The molecule has 162 valence electrons. The molecule has 29 heavy (non-hydrogen) atoms. The van der Waals surface area contributed by atoms with Gasteiger partial charge >= 0.3 is 6.18 Å². The normalized spacial score (nSPS) is 31.6. The molecular weight excluding hydrogens is 413 g/mol. The molecule has 3 rings (SSSR count). The molecule has 0 saturated carbocycles. The van der Waals surface area contributed by atoms with Gasteiger partial charge in [0.15, 0.2) is 10.8 Å². The lowest BCUT2D eigenvalue weighted by Gasteiger charge is -2.46. The molecule has 2 aliphatic rings. The number of aliphatic imine (C=N–C) groups is 1. The molecule has 0 bridgehead atoms. The van der Waals surface area contributed by atoms with Crippen LogP contribution >= 0.6 is 11.8 Å². The molecule has 1 aromatic rings. The maximum absolute atomic E-state index is 13.9. The SMILES string of the molecule is CNC1=N[C@@H]2[C@@H](O)[C@H](O)[C@@H]([C@](O)(CCc3ccc(OC)cc3)C(F)(F)F)O[C@@H]2S1. The molecule has 1 fully saturated rings. The lowest BCUT2D eigenvalue weighted by molar-refractivity contribution is -0.326. The average Bonchev–Trinajstić information content (AvgIpc) is 3.12. The Morgan fingerprint density at radius 3 is 2.41 bits per heavy atom. The van der Waals surface area contributed by atoms with Gasteiger partial charge in [0.2, 0.25) is 0 Å². The Morgan fingerprint density at radius 1 is 1.21 bits per heavy atom. The molecule has 2 aliphatic heterocycles. The minimum atomic E-state index is -5.09. The zero-order valence-corrected chi connectivity index (χ0v) is 16.6. The van der Waals surface area contributed by atoms with E-state index in [-0.39, 0.29) is 6.42 Å². The maximum Gasteiger partial charge on any atom is 0.419 e. The minimum Gasteiger partial charge on any atom is -0.497 e. The van der Waals surface area contributed by atoms with Crippen LogP contribution in [0.5, 0.6) is 5.75 Å². The first kappa shape index (κ1) is 22.2. The van der Waals surface area contributed by atoms with Crippen molar-refractivity contribution in [3.63, 3.8) is 0 Å². The van der Waals surface area contributed by atoms with Crippen molar-refractivity contribution >= 4 is 16.9 Å². The number of hydrogen-bond acceptors (Lipinski definition) is 8. The maximum atomic E-state index is 13.9. The summed E-state index contributed by atoms with van der Waals surface area (Å²) in [7, 11) is 3.05. The number of alkyl halides is 3. The van der Waals surface area contributed by atoms with Crippen molar-refractivity contribution in [1.29, 1.82) is 0 Å². The number of ether oxygens (including phenoxy) is 2. The van der Waals surface area contributed by atoms with E-state index in [9.17, 15) is 28.5 Å². The molecule has 0 amide bonds. The lowest BCUT2D eigenvalue weighted by atomic mass is 9.81. The summed E-state index contributed by atoms with van der Waals surface area (Å²) in [6.07, 6.45) is -11.6. The third-order valence-corrected chi connectivity index (χ3v) is 6.35. The third kappa shape index (κ3) is 4.19. The van der Waals surface area contributed by atoms with Crippen molar-refractivity contribution in [1.82, 2.24) is 5.32 Å². The quantitative estimate of drug-likeness (QED) is 0.547. The fraction of sp³-hybridized carbons (Fsp3) is 0.611. The van der Waals surface area contributed by atoms with Gasteiger partial charge in [0.25, 0.3) is 0 Å². The monoisotopic (exact) mass is 436 g/mol. The summed E-state index contributed by atoms with van der Waals surface area (Å²) in [6, 6.07) is 5.48. The van der Waals surface area contributed by atoms with Gasteiger partial charge in [-0.15, -0.1) is 0 Å². The van der Waals surface area contributed by atoms with Crippen molar-refractivity contribution in [3.05, 3.63) is 29.8 Å². The van der Waals surface area contributed by atoms with Crippen LogP contribution in [-0.2, 0) is 11.2 Å². The van der Waals surface area contributed by atoms with Crippen LogP contribution in [0.2, 0.25) is 0 Å². The topological polar surface area (TPSA) is 104 Å². The molecule has 0 spiro atoms. The van der Waals surface area contributed by atoms with Crippen LogP contribution in [0.25, 0.3) is 0 Å². The molecule has 11 heteroatoms. The first-order valence-electron chi connectivity index (χ1n) is 8.96. The van der Waals surface area contributed by atoms with Gasteiger partial charge in [-0.2, -0.15) is 13.2 Å². The predicted octanol–water partition coefficient (Wildman–Crippen LogP) is 1.06. The number of nitrogens with zero attached hydrogens (tertiary/aromatic N) is 1. The Kier molecular flexibility index (Phi) is 6.35. The van der Waals surface area contributed by atoms with Crippen molar-refractivity contribution in [2.24, 2.45) is 4.99 Å². The number of nitrogens with one attached hydrogen (secondary N) is 1. The summed E-state index contributed by atoms with van der Waals surface area (Å²) >= 11 is 1.00. The zero-order chi connectivity index (χ0) is 21.4. The fourth-order valence-electron chi connectivity index (χ4n) is 3.45. The number of methoxy groups -OCH3 is 1. The Labute approximate surface area is 169 Å². The highest BCUT2D eigenvalue weighted by atomic mass is 32.2. The second-order valence-corrected chi connectivity index (χ2v) is 8.06. The van der Waals surface area contributed by atoms with Crippen LogP contribution in [0, 0.1) is 0 Å². The molecule has 1 saturated heterocycles. The van der Waals surface area contributed by atoms with Crippen molar-refractivity contribution in [3.8, 4) is 5.75 Å². The van der Waals surface area contributed by atoms with E-state index in [1.165, 1.54) is 7.11 Å². The highest BCUT2D eigenvalue weighted by molar-refractivity contribution is 8.14. The van der Waals surface area contributed by atoms with Crippen molar-refractivity contribution in [2.75, 3.05) is 14.2 Å². The fourth-order valence-corrected chi connectivity index (χ4v) is 4.51. The van der Waals surface area contributed by atoms with Crippen molar-refractivity contribution < 1.29 is 38.0 Å². The van der Waals surface area contributed by atoms with Gasteiger partial charge in [-0.3, -0.25) is 4.99 Å². The molecule has 1 aromatic carbocycles. The summed E-state index contributed by atoms with van der Waals surface area (Å²) in [5.41, 5.74) is -3.76. The number of thioether (sulfide) groups is 1. The molecule has 0 unspecified atom stereocenters. The minimum absolute atomic E-state index is 0.123. The van der Waals surface area contributed by atoms with Gasteiger partial charge < -0.3 is 30.1 Å². The predicted molar refractivity (Wildman–Crippen MR) is 101 cm³/mol. The first-order chi connectivity index (χ1) is 13.6. The van der Waals surface area contributed by atoms with Gasteiger partial charge in [0.1, 0.15) is 35.5 Å². The molecule has 0 aromatic heterocycles. The molecule has 7 nitrogen and oxygen atoms in total. The van der Waals surface area contributed by atoms with Crippen LogP contribution in [0.4, 0.5) is 13.2 Å². The summed E-state index contributed by atoms with van der Waals surface area (Å²) in [4.78, 5) is 4.11. The molecule has 2 heterocycles. The standard InChI is InChI=1S/C18H23F3N2O5S/c1-22-16-23-11-12(24)13(25)14(28-15(11)29-16)17(26,18(19,20)21)8-7-9-3-5-10(27-2)6-4-9/h3-6,11-15,24-26H,7-8H2,1-2H3,(H,22,23)/t11-,12-,13+,14+,15-,17-/m1/s1. The smallest absolute Gasteiger partial charge is 0.419 e. The van der Waals surface area contributed by atoms with E-state index in [0.717, 1.165) is 11.8 Å². The summed E-state index contributed by atoms with van der Waals surface area (Å²) < 4.78 is 52.2. The Bertz CT molecular complexity index is 748. The van der Waals surface area contributed by atoms with E-state index < -0.39 is 48.0 Å². The number of aryl methyl sites for hydroxylation is 1. The van der Waals surface area contributed by atoms with Crippen LogP contribution in [0.15, 0.2) is 29.3 Å². The second-order valence-electron chi connectivity index (χ2n) is 6.97. The van der Waals surface area contributed by atoms with Crippen molar-refractivity contribution in [2.45, 2.75) is 54.4 Å². The molecule has 0 radical (unpaired) electrons. The number of fused-ring (bicyclic) bond motifs is 1. The summed E-state index contributed by atoms with van der Waals surface area (Å²) in [5.74, 6) is 0.554. The number of aliphatic hydroxyl groups is 3. The van der Waals surface area contributed by atoms with E-state index >= 15 is 0 Å². The Balaban J connectivity index is 1.82. The van der Waals surface area contributed by atoms with Crippen LogP contribution in [0.3, 0.4) is 0 Å². The zero-order valence-electron chi connectivity index (χ0n) is 15.8. The number of rotatable bonds is 5. The molecular formula is C18H23F3N2O5S. The lowest BCUT2D eigenvalue weighted by Crippen LogP contribution is -2.67. The third-order valence-electron chi connectivity index (χ3n) is 5.19. The number of aliphatic hydroxyl groups excluding tert-OH is 2. The highest BCUT2D eigenvalue weighted by Crippen LogP contribution is 2.45. The number of hydrogen-bond donors (Lipinski definition) is 4. The van der Waals surface area contributed by atoms with Crippen LogP contribution < -0.4 is 10.1 Å². The molecule has 0 aliphatic carbocycles. The van der Waals surface area contributed by atoms with E-state index in [2.05, 4.69) is 10.3 Å². The van der Waals surface area contributed by atoms with E-state index in [1.807, 2.05) is 0 Å². The van der Waals surface area contributed by atoms with Crippen LogP contribution in [-0.4, -0.2) is 76.2 Å². The number of benzene rings is 1.